The first-order valence-corrected chi connectivity index (χ1v) is 5.50. The van der Waals surface area contributed by atoms with Crippen molar-refractivity contribution in [3.05, 3.63) is 77.1 Å². The summed E-state index contributed by atoms with van der Waals surface area (Å²) in [6.45, 7) is 0. The highest BCUT2D eigenvalue weighted by Gasteiger charge is 2.06. The fraction of sp³-hybridized carbons (Fsp3) is 0. The molecule has 0 unspecified atom stereocenters. The molecular formula is C15H9F3O. The standard InChI is InChI=1S/C15H9F3O/c16-12-5-1-4-11(9-12)14(19)8-7-10-3-2-6-13(17)15(10)18/h1-9H. The largest absolute Gasteiger partial charge is 0.289 e. The van der Waals surface area contributed by atoms with Crippen LogP contribution in [-0.4, -0.2) is 5.78 Å². The molecule has 0 radical (unpaired) electrons. The average Bonchev–Trinajstić information content (AvgIpc) is 2.40. The summed E-state index contributed by atoms with van der Waals surface area (Å²) in [6, 6.07) is 8.80. The molecule has 0 aliphatic carbocycles. The zero-order chi connectivity index (χ0) is 13.8. The van der Waals surface area contributed by atoms with E-state index >= 15 is 0 Å². The Hall–Kier alpha value is -2.36. The van der Waals surface area contributed by atoms with Gasteiger partial charge in [0.15, 0.2) is 17.4 Å². The summed E-state index contributed by atoms with van der Waals surface area (Å²) in [5.41, 5.74) is 0.109. The van der Waals surface area contributed by atoms with Crippen LogP contribution in [0.25, 0.3) is 6.08 Å². The van der Waals surface area contributed by atoms with Crippen molar-refractivity contribution in [3.8, 4) is 0 Å². The lowest BCUT2D eigenvalue weighted by Gasteiger charge is -1.98. The van der Waals surface area contributed by atoms with Crippen LogP contribution in [0.4, 0.5) is 13.2 Å². The molecule has 0 fully saturated rings. The smallest absolute Gasteiger partial charge is 0.185 e. The molecule has 19 heavy (non-hydrogen) atoms. The highest BCUT2D eigenvalue weighted by atomic mass is 19.2. The number of rotatable bonds is 3. The van der Waals surface area contributed by atoms with E-state index in [1.54, 1.807) is 0 Å². The minimum Gasteiger partial charge on any atom is -0.289 e. The number of halogens is 3. The van der Waals surface area contributed by atoms with E-state index < -0.39 is 23.2 Å². The van der Waals surface area contributed by atoms with Gasteiger partial charge < -0.3 is 0 Å². The van der Waals surface area contributed by atoms with Gasteiger partial charge >= 0.3 is 0 Å². The Bertz CT molecular complexity index is 648. The van der Waals surface area contributed by atoms with Crippen LogP contribution in [-0.2, 0) is 0 Å². The number of hydrogen-bond acceptors (Lipinski definition) is 1. The van der Waals surface area contributed by atoms with Gasteiger partial charge in [-0.15, -0.1) is 0 Å². The number of hydrogen-bond donors (Lipinski definition) is 0. The summed E-state index contributed by atoms with van der Waals surface area (Å²) in [6.07, 6.45) is 2.23. The van der Waals surface area contributed by atoms with Crippen molar-refractivity contribution < 1.29 is 18.0 Å². The second-order valence-electron chi connectivity index (χ2n) is 3.85. The van der Waals surface area contributed by atoms with Gasteiger partial charge in [0.05, 0.1) is 0 Å². The van der Waals surface area contributed by atoms with E-state index in [0.717, 1.165) is 24.3 Å². The quantitative estimate of drug-likeness (QED) is 0.603. The predicted octanol–water partition coefficient (Wildman–Crippen LogP) is 4.00. The lowest BCUT2D eigenvalue weighted by atomic mass is 10.1. The molecular weight excluding hydrogens is 253 g/mol. The maximum Gasteiger partial charge on any atom is 0.185 e. The lowest BCUT2D eigenvalue weighted by molar-refractivity contribution is 0.104. The zero-order valence-electron chi connectivity index (χ0n) is 9.74. The summed E-state index contributed by atoms with van der Waals surface area (Å²) in [5.74, 6) is -3.02. The van der Waals surface area contributed by atoms with Crippen LogP contribution >= 0.6 is 0 Å². The van der Waals surface area contributed by atoms with Crippen LogP contribution in [0.1, 0.15) is 15.9 Å². The molecule has 0 bridgehead atoms. The zero-order valence-corrected chi connectivity index (χ0v) is 9.74. The van der Waals surface area contributed by atoms with Crippen molar-refractivity contribution in [2.45, 2.75) is 0 Å². The third kappa shape index (κ3) is 3.10. The second-order valence-corrected chi connectivity index (χ2v) is 3.85. The molecule has 2 aromatic carbocycles. The van der Waals surface area contributed by atoms with Gasteiger partial charge in [-0.05, 0) is 30.4 Å². The molecule has 1 nitrogen and oxygen atoms in total. The topological polar surface area (TPSA) is 17.1 Å². The first kappa shape index (κ1) is 13.1. The highest BCUT2D eigenvalue weighted by molar-refractivity contribution is 6.06. The molecule has 0 atom stereocenters. The maximum absolute atomic E-state index is 13.3. The number of benzene rings is 2. The van der Waals surface area contributed by atoms with Gasteiger partial charge in [0, 0.05) is 11.1 Å². The van der Waals surface area contributed by atoms with E-state index in [1.165, 1.54) is 30.3 Å². The van der Waals surface area contributed by atoms with Crippen LogP contribution in [0.5, 0.6) is 0 Å². The minimum atomic E-state index is -1.02. The molecule has 0 aliphatic heterocycles. The third-order valence-corrected chi connectivity index (χ3v) is 2.50. The fourth-order valence-electron chi connectivity index (χ4n) is 1.55. The Morgan fingerprint density at radius 1 is 1.00 bits per heavy atom. The van der Waals surface area contributed by atoms with E-state index in [2.05, 4.69) is 0 Å². The Balaban J connectivity index is 2.23. The molecule has 2 aromatic rings. The van der Waals surface area contributed by atoms with Gasteiger partial charge in [0.1, 0.15) is 5.82 Å². The number of ketones is 1. The van der Waals surface area contributed by atoms with Crippen molar-refractivity contribution >= 4 is 11.9 Å². The molecule has 0 aliphatic rings. The van der Waals surface area contributed by atoms with Gasteiger partial charge in [0.25, 0.3) is 0 Å². The summed E-state index contributed by atoms with van der Waals surface area (Å²) < 4.78 is 39.2. The van der Waals surface area contributed by atoms with Gasteiger partial charge in [-0.1, -0.05) is 24.3 Å². The van der Waals surface area contributed by atoms with Crippen LogP contribution in [0.15, 0.2) is 48.5 Å². The molecule has 0 heterocycles. The number of carbonyl (C=O) groups excluding carboxylic acids is 1. The van der Waals surface area contributed by atoms with Gasteiger partial charge in [-0.3, -0.25) is 4.79 Å². The molecule has 0 aromatic heterocycles. The van der Waals surface area contributed by atoms with Crippen molar-refractivity contribution in [3.63, 3.8) is 0 Å². The van der Waals surface area contributed by atoms with Crippen molar-refractivity contribution in [2.24, 2.45) is 0 Å². The van der Waals surface area contributed by atoms with Crippen molar-refractivity contribution in [1.82, 2.24) is 0 Å². The Kier molecular flexibility index (Phi) is 3.80. The molecule has 4 heteroatoms. The van der Waals surface area contributed by atoms with E-state index in [9.17, 15) is 18.0 Å². The monoisotopic (exact) mass is 262 g/mol. The van der Waals surface area contributed by atoms with Gasteiger partial charge in [0.2, 0.25) is 0 Å². The van der Waals surface area contributed by atoms with Crippen LogP contribution in [0, 0.1) is 17.5 Å². The second kappa shape index (κ2) is 5.52. The fourth-order valence-corrected chi connectivity index (χ4v) is 1.55. The van der Waals surface area contributed by atoms with Crippen LogP contribution < -0.4 is 0 Å². The van der Waals surface area contributed by atoms with Crippen LogP contribution in [0.2, 0.25) is 0 Å². The molecule has 96 valence electrons. The Morgan fingerprint density at radius 2 is 1.74 bits per heavy atom. The molecule has 0 amide bonds. The number of carbonyl (C=O) groups is 1. The van der Waals surface area contributed by atoms with E-state index in [0.29, 0.717) is 0 Å². The summed E-state index contributed by atoms with van der Waals surface area (Å²) in [5, 5.41) is 0. The lowest BCUT2D eigenvalue weighted by Crippen LogP contribution is -1.95. The van der Waals surface area contributed by atoms with Crippen LogP contribution in [0.3, 0.4) is 0 Å². The molecule has 0 spiro atoms. The van der Waals surface area contributed by atoms with E-state index in [-0.39, 0.29) is 11.1 Å². The van der Waals surface area contributed by atoms with Crippen molar-refractivity contribution in [2.75, 3.05) is 0 Å². The Morgan fingerprint density at radius 3 is 2.47 bits per heavy atom. The molecule has 0 saturated heterocycles. The average molecular weight is 262 g/mol. The first-order chi connectivity index (χ1) is 9.08. The summed E-state index contributed by atoms with van der Waals surface area (Å²) >= 11 is 0. The SMILES string of the molecule is O=C(C=Cc1cccc(F)c1F)c1cccc(F)c1. The highest BCUT2D eigenvalue weighted by Crippen LogP contribution is 2.13. The molecule has 2 rings (SSSR count). The minimum absolute atomic E-state index is 0.0373. The Labute approximate surface area is 108 Å². The van der Waals surface area contributed by atoms with Gasteiger partial charge in [-0.25, -0.2) is 13.2 Å². The molecule has 0 saturated carbocycles. The van der Waals surface area contributed by atoms with E-state index in [1.807, 2.05) is 0 Å². The van der Waals surface area contributed by atoms with E-state index in [4.69, 9.17) is 0 Å². The summed E-state index contributed by atoms with van der Waals surface area (Å²) in [7, 11) is 0. The number of allylic oxidation sites excluding steroid dienone is 1. The van der Waals surface area contributed by atoms with Crippen molar-refractivity contribution in [1.29, 1.82) is 0 Å². The summed E-state index contributed by atoms with van der Waals surface area (Å²) in [4.78, 5) is 11.7. The molecule has 0 N–H and O–H groups in total. The first-order valence-electron chi connectivity index (χ1n) is 5.50. The normalized spacial score (nSPS) is 10.9. The predicted molar refractivity (Wildman–Crippen MR) is 66.1 cm³/mol. The maximum atomic E-state index is 13.3. The third-order valence-electron chi connectivity index (χ3n) is 2.50. The van der Waals surface area contributed by atoms with Gasteiger partial charge in [-0.2, -0.15) is 0 Å².